The highest BCUT2D eigenvalue weighted by molar-refractivity contribution is 7.89. The van der Waals surface area contributed by atoms with Gasteiger partial charge in [-0.2, -0.15) is 4.31 Å². The molecule has 1 atom stereocenters. The number of ether oxygens (including phenoxy) is 4. The van der Waals surface area contributed by atoms with Crippen molar-refractivity contribution in [3.8, 4) is 23.0 Å². The maximum Gasteiger partial charge on any atom is 0.243 e. The average molecular weight is 493 g/mol. The first-order valence-electron chi connectivity index (χ1n) is 11.6. The molecule has 2 heterocycles. The third-order valence-corrected chi connectivity index (χ3v) is 7.63. The number of aliphatic hydroxyl groups is 1. The number of sulfonamides is 1. The molecule has 1 fully saturated rings. The van der Waals surface area contributed by atoms with Crippen molar-refractivity contribution in [2.24, 2.45) is 0 Å². The van der Waals surface area contributed by atoms with Gasteiger partial charge in [0.1, 0.15) is 24.2 Å². The zero-order chi connectivity index (χ0) is 24.0. The number of piperazine rings is 1. The van der Waals surface area contributed by atoms with Gasteiger partial charge in [-0.3, -0.25) is 4.90 Å². The molecule has 0 aromatic heterocycles. The monoisotopic (exact) mass is 492 g/mol. The maximum atomic E-state index is 13.1. The molecule has 2 aliphatic heterocycles. The number of hydrogen-bond acceptors (Lipinski definition) is 8. The lowest BCUT2D eigenvalue weighted by molar-refractivity contribution is 0.0569. The predicted octanol–water partition coefficient (Wildman–Crippen LogP) is 1.99. The molecule has 0 spiro atoms. The molecule has 0 amide bonds. The summed E-state index contributed by atoms with van der Waals surface area (Å²) in [5.74, 6) is 2.47. The molecule has 0 radical (unpaired) electrons. The Hall–Kier alpha value is -2.53. The van der Waals surface area contributed by atoms with Gasteiger partial charge in [0.15, 0.2) is 11.5 Å². The fourth-order valence-electron chi connectivity index (χ4n) is 3.95. The Balaban J connectivity index is 1.26. The van der Waals surface area contributed by atoms with E-state index in [0.29, 0.717) is 69.8 Å². The molecule has 4 rings (SSSR count). The van der Waals surface area contributed by atoms with Crippen LogP contribution in [0, 0.1) is 0 Å². The predicted molar refractivity (Wildman–Crippen MR) is 126 cm³/mol. The van der Waals surface area contributed by atoms with Crippen LogP contribution in [0.1, 0.15) is 13.3 Å². The van der Waals surface area contributed by atoms with Crippen molar-refractivity contribution in [3.05, 3.63) is 42.5 Å². The van der Waals surface area contributed by atoms with Crippen molar-refractivity contribution in [2.45, 2.75) is 24.3 Å². The second-order valence-electron chi connectivity index (χ2n) is 8.23. The Morgan fingerprint density at radius 3 is 2.26 bits per heavy atom. The SMILES string of the molecule is CCOc1ccc(OC[C@H](O)CN2CCN(S(=O)(=O)c3ccc4c(c3)OCCCO4)CC2)cc1. The van der Waals surface area contributed by atoms with Crippen LogP contribution in [0.4, 0.5) is 0 Å². The van der Waals surface area contributed by atoms with Gasteiger partial charge in [0, 0.05) is 45.2 Å². The number of hydrogen-bond donors (Lipinski definition) is 1. The Bertz CT molecular complexity index is 1040. The number of aliphatic hydroxyl groups excluding tert-OH is 1. The van der Waals surface area contributed by atoms with Crippen LogP contribution in [-0.2, 0) is 10.0 Å². The van der Waals surface area contributed by atoms with E-state index in [4.69, 9.17) is 18.9 Å². The molecule has 1 saturated heterocycles. The van der Waals surface area contributed by atoms with E-state index in [9.17, 15) is 13.5 Å². The number of β-amino-alcohol motifs (C(OH)–C–C–N with tert-alkyl or cyclic N) is 1. The van der Waals surface area contributed by atoms with E-state index < -0.39 is 16.1 Å². The normalized spacial score (nSPS) is 18.2. The minimum atomic E-state index is -3.64. The van der Waals surface area contributed by atoms with E-state index >= 15 is 0 Å². The number of benzene rings is 2. The van der Waals surface area contributed by atoms with Gasteiger partial charge in [-0.05, 0) is 43.3 Å². The molecular formula is C24H32N2O7S. The largest absolute Gasteiger partial charge is 0.494 e. The van der Waals surface area contributed by atoms with Gasteiger partial charge in [-0.15, -0.1) is 0 Å². The summed E-state index contributed by atoms with van der Waals surface area (Å²) in [4.78, 5) is 2.25. The van der Waals surface area contributed by atoms with Crippen molar-refractivity contribution < 1.29 is 32.5 Å². The fourth-order valence-corrected chi connectivity index (χ4v) is 5.39. The molecule has 2 aromatic rings. The van der Waals surface area contributed by atoms with Gasteiger partial charge in [0.05, 0.1) is 24.7 Å². The van der Waals surface area contributed by atoms with Gasteiger partial charge in [0.25, 0.3) is 0 Å². The van der Waals surface area contributed by atoms with Gasteiger partial charge in [0.2, 0.25) is 10.0 Å². The topological polar surface area (TPSA) is 97.8 Å². The van der Waals surface area contributed by atoms with Crippen LogP contribution < -0.4 is 18.9 Å². The van der Waals surface area contributed by atoms with E-state index in [1.165, 1.54) is 4.31 Å². The van der Waals surface area contributed by atoms with Crippen LogP contribution >= 0.6 is 0 Å². The molecule has 2 aromatic carbocycles. The smallest absolute Gasteiger partial charge is 0.243 e. The molecule has 0 bridgehead atoms. The van der Waals surface area contributed by atoms with Crippen LogP contribution in [0.25, 0.3) is 0 Å². The molecule has 0 saturated carbocycles. The maximum absolute atomic E-state index is 13.1. The van der Waals surface area contributed by atoms with Gasteiger partial charge in [-0.1, -0.05) is 0 Å². The minimum Gasteiger partial charge on any atom is -0.494 e. The Kier molecular flexibility index (Phi) is 8.15. The van der Waals surface area contributed by atoms with Crippen molar-refractivity contribution >= 4 is 10.0 Å². The van der Waals surface area contributed by atoms with Gasteiger partial charge in [-0.25, -0.2) is 8.42 Å². The van der Waals surface area contributed by atoms with E-state index in [1.807, 2.05) is 24.0 Å². The first-order valence-corrected chi connectivity index (χ1v) is 13.1. The average Bonchev–Trinajstić information content (AvgIpc) is 3.09. The zero-order valence-electron chi connectivity index (χ0n) is 19.4. The summed E-state index contributed by atoms with van der Waals surface area (Å²) < 4.78 is 50.1. The molecular weight excluding hydrogens is 460 g/mol. The quantitative estimate of drug-likeness (QED) is 0.568. The van der Waals surface area contributed by atoms with Gasteiger partial charge >= 0.3 is 0 Å². The lowest BCUT2D eigenvalue weighted by Crippen LogP contribution is -2.50. The molecule has 1 N–H and O–H groups in total. The van der Waals surface area contributed by atoms with E-state index in [2.05, 4.69) is 0 Å². The first kappa shape index (κ1) is 24.6. The standard InChI is InChI=1S/C24H32N2O7S/c1-2-30-20-4-6-21(7-5-20)33-18-19(27)17-25-10-12-26(13-11-25)34(28,29)22-8-9-23-24(16-22)32-15-3-14-31-23/h4-9,16,19,27H,2-3,10-15,17-18H2,1H3/t19-/m1/s1. The van der Waals surface area contributed by atoms with Crippen molar-refractivity contribution in [1.29, 1.82) is 0 Å². The van der Waals surface area contributed by atoms with Gasteiger partial charge < -0.3 is 24.1 Å². The molecule has 0 aliphatic carbocycles. The van der Waals surface area contributed by atoms with Crippen LogP contribution in [0.2, 0.25) is 0 Å². The van der Waals surface area contributed by atoms with Crippen LogP contribution in [0.3, 0.4) is 0 Å². The Morgan fingerprint density at radius 1 is 0.941 bits per heavy atom. The molecule has 2 aliphatic rings. The molecule has 10 heteroatoms. The fraction of sp³-hybridized carbons (Fsp3) is 0.500. The summed E-state index contributed by atoms with van der Waals surface area (Å²) in [5, 5.41) is 10.4. The summed E-state index contributed by atoms with van der Waals surface area (Å²) in [6.07, 6.45) is 0.0759. The second-order valence-corrected chi connectivity index (χ2v) is 10.2. The number of rotatable bonds is 9. The Morgan fingerprint density at radius 2 is 1.59 bits per heavy atom. The third kappa shape index (κ3) is 6.12. The van der Waals surface area contributed by atoms with Crippen molar-refractivity contribution in [2.75, 3.05) is 59.2 Å². The van der Waals surface area contributed by atoms with Crippen molar-refractivity contribution in [3.63, 3.8) is 0 Å². The first-order chi connectivity index (χ1) is 16.5. The highest BCUT2D eigenvalue weighted by Crippen LogP contribution is 2.33. The lowest BCUT2D eigenvalue weighted by Gasteiger charge is -2.34. The molecule has 34 heavy (non-hydrogen) atoms. The summed E-state index contributed by atoms with van der Waals surface area (Å²) >= 11 is 0. The summed E-state index contributed by atoms with van der Waals surface area (Å²) in [5.41, 5.74) is 0. The molecule has 186 valence electrons. The highest BCUT2D eigenvalue weighted by atomic mass is 32.2. The molecule has 0 unspecified atom stereocenters. The summed E-state index contributed by atoms with van der Waals surface area (Å²) in [7, 11) is -3.64. The van der Waals surface area contributed by atoms with E-state index in [-0.39, 0.29) is 11.5 Å². The minimum absolute atomic E-state index is 0.156. The third-order valence-electron chi connectivity index (χ3n) is 5.73. The Labute approximate surface area is 200 Å². The van der Waals surface area contributed by atoms with Crippen LogP contribution in [0.15, 0.2) is 47.4 Å². The van der Waals surface area contributed by atoms with E-state index in [0.717, 1.165) is 12.2 Å². The van der Waals surface area contributed by atoms with E-state index in [1.54, 1.807) is 30.3 Å². The van der Waals surface area contributed by atoms with Crippen LogP contribution in [0.5, 0.6) is 23.0 Å². The highest BCUT2D eigenvalue weighted by Gasteiger charge is 2.30. The van der Waals surface area contributed by atoms with Crippen molar-refractivity contribution in [1.82, 2.24) is 9.21 Å². The second kappa shape index (κ2) is 11.3. The summed E-state index contributed by atoms with van der Waals surface area (Å²) in [6.45, 7) is 5.91. The lowest BCUT2D eigenvalue weighted by atomic mass is 10.3. The molecule has 9 nitrogen and oxygen atoms in total. The zero-order valence-corrected chi connectivity index (χ0v) is 20.2. The van der Waals surface area contributed by atoms with Crippen LogP contribution in [-0.4, -0.2) is 88.0 Å². The number of fused-ring (bicyclic) bond motifs is 1. The summed E-state index contributed by atoms with van der Waals surface area (Å²) in [6, 6.07) is 12.0. The number of nitrogens with zero attached hydrogens (tertiary/aromatic N) is 2.